The Kier molecular flexibility index (Phi) is 7.16. The van der Waals surface area contributed by atoms with E-state index in [0.717, 1.165) is 24.8 Å². The highest BCUT2D eigenvalue weighted by molar-refractivity contribution is 5.83. The second kappa shape index (κ2) is 9.64. The number of carbonyl (C=O) groups excluding carboxylic acids is 2. The third kappa shape index (κ3) is 3.91. The molecule has 11 unspecified atom stereocenters. The monoisotopic (exact) mass is 554 g/mol. The largest absolute Gasteiger partial charge is 0.462 e. The molecule has 5 aliphatic rings. The molecule has 6 heteroatoms. The highest BCUT2D eigenvalue weighted by Crippen LogP contribution is 2.73. The molecule has 1 aliphatic heterocycles. The lowest BCUT2D eigenvalue weighted by molar-refractivity contribution is -0.157. The highest BCUT2D eigenvalue weighted by Gasteiger charge is 2.71. The minimum atomic E-state index is -0.921. The quantitative estimate of drug-likeness (QED) is 0.331. The van der Waals surface area contributed by atoms with Crippen LogP contribution in [0.25, 0.3) is 0 Å². The summed E-state index contributed by atoms with van der Waals surface area (Å²) in [5.41, 5.74) is 1.73. The maximum absolute atomic E-state index is 13.7. The van der Waals surface area contributed by atoms with Gasteiger partial charge < -0.3 is 19.7 Å². The fourth-order valence-electron chi connectivity index (χ4n) is 10.1. The van der Waals surface area contributed by atoms with Crippen molar-refractivity contribution in [2.24, 2.45) is 45.3 Å². The lowest BCUT2D eigenvalue weighted by Gasteiger charge is -2.62. The standard InChI is InChI=1S/C34H50O6/c1-18-10-12-26(40-30(18)38)19(2)23-17-29(39-21(4)36)34(9)22-11-13-27-31(5,6)28(37)14-15-32(27,7)25(22)16-24(20(3)35)33(23,34)8/h10-11,16,19,23-24,26-30,37-38H,12-15,17H2,1-9H3. The summed E-state index contributed by atoms with van der Waals surface area (Å²) in [5.74, 6) is -0.237. The van der Waals surface area contributed by atoms with Crippen molar-refractivity contribution in [3.05, 3.63) is 34.9 Å². The fourth-order valence-corrected chi connectivity index (χ4v) is 10.1. The van der Waals surface area contributed by atoms with Gasteiger partial charge in [-0.1, -0.05) is 59.8 Å². The van der Waals surface area contributed by atoms with E-state index in [1.165, 1.54) is 18.1 Å². The Balaban J connectivity index is 1.68. The van der Waals surface area contributed by atoms with Crippen LogP contribution in [0.1, 0.15) is 94.4 Å². The van der Waals surface area contributed by atoms with Crippen LogP contribution in [0, 0.1) is 45.3 Å². The van der Waals surface area contributed by atoms with Crippen LogP contribution in [0.4, 0.5) is 0 Å². The van der Waals surface area contributed by atoms with Gasteiger partial charge in [-0.05, 0) is 96.7 Å². The zero-order valence-electron chi connectivity index (χ0n) is 25.9. The van der Waals surface area contributed by atoms with E-state index >= 15 is 0 Å². The highest BCUT2D eigenvalue weighted by atomic mass is 16.6. The van der Waals surface area contributed by atoms with Crippen LogP contribution in [0.2, 0.25) is 0 Å². The zero-order valence-corrected chi connectivity index (χ0v) is 25.9. The summed E-state index contributed by atoms with van der Waals surface area (Å²) < 4.78 is 12.3. The number of esters is 1. The van der Waals surface area contributed by atoms with Crippen molar-refractivity contribution in [2.45, 2.75) is 119 Å². The summed E-state index contributed by atoms with van der Waals surface area (Å²) in [7, 11) is 0. The molecule has 0 amide bonds. The zero-order chi connectivity index (χ0) is 29.6. The summed E-state index contributed by atoms with van der Waals surface area (Å²) in [6, 6.07) is 0. The van der Waals surface area contributed by atoms with E-state index in [-0.39, 0.29) is 64.6 Å². The van der Waals surface area contributed by atoms with Crippen molar-refractivity contribution >= 4 is 11.8 Å². The van der Waals surface area contributed by atoms with Crippen LogP contribution in [-0.4, -0.2) is 46.6 Å². The average molecular weight is 555 g/mol. The number of allylic oxidation sites excluding steroid dienone is 3. The topological polar surface area (TPSA) is 93.1 Å². The molecule has 0 aromatic rings. The van der Waals surface area contributed by atoms with Crippen molar-refractivity contribution in [3.8, 4) is 0 Å². The van der Waals surface area contributed by atoms with Gasteiger partial charge in [-0.2, -0.15) is 0 Å². The van der Waals surface area contributed by atoms with E-state index in [4.69, 9.17) is 9.47 Å². The molecular weight excluding hydrogens is 504 g/mol. The molecule has 6 nitrogen and oxygen atoms in total. The van der Waals surface area contributed by atoms with Crippen molar-refractivity contribution in [3.63, 3.8) is 0 Å². The third-order valence-corrected chi connectivity index (χ3v) is 12.8. The van der Waals surface area contributed by atoms with Crippen molar-refractivity contribution < 1.29 is 29.3 Å². The normalized spacial score (nSPS) is 46.6. The number of fused-ring (bicyclic) bond motifs is 5. The van der Waals surface area contributed by atoms with Gasteiger partial charge in [0.2, 0.25) is 0 Å². The smallest absolute Gasteiger partial charge is 0.302 e. The maximum Gasteiger partial charge on any atom is 0.302 e. The first-order valence-corrected chi connectivity index (χ1v) is 15.3. The Morgan fingerprint density at radius 1 is 1.05 bits per heavy atom. The molecule has 2 saturated carbocycles. The van der Waals surface area contributed by atoms with Gasteiger partial charge in [-0.15, -0.1) is 0 Å². The van der Waals surface area contributed by atoms with E-state index in [0.29, 0.717) is 12.8 Å². The molecule has 11 atom stereocenters. The second-order valence-corrected chi connectivity index (χ2v) is 14.9. The predicted octanol–water partition coefficient (Wildman–Crippen LogP) is 5.92. The van der Waals surface area contributed by atoms with Gasteiger partial charge in [0.05, 0.1) is 12.2 Å². The van der Waals surface area contributed by atoms with Gasteiger partial charge in [0.1, 0.15) is 11.9 Å². The van der Waals surface area contributed by atoms with E-state index in [1.54, 1.807) is 6.92 Å². The van der Waals surface area contributed by atoms with E-state index < -0.39 is 17.1 Å². The molecule has 1 heterocycles. The Bertz CT molecular complexity index is 1180. The average Bonchev–Trinajstić information content (AvgIpc) is 3.09. The van der Waals surface area contributed by atoms with Gasteiger partial charge >= 0.3 is 5.97 Å². The maximum atomic E-state index is 13.7. The van der Waals surface area contributed by atoms with E-state index in [1.807, 2.05) is 6.92 Å². The summed E-state index contributed by atoms with van der Waals surface area (Å²) in [6.45, 7) is 18.4. The number of aliphatic hydroxyl groups excluding tert-OH is 2. The molecule has 0 aromatic heterocycles. The third-order valence-electron chi connectivity index (χ3n) is 12.8. The number of ether oxygens (including phenoxy) is 2. The molecular formula is C34H50O6. The first kappa shape index (κ1) is 29.7. The van der Waals surface area contributed by atoms with Crippen molar-refractivity contribution in [2.75, 3.05) is 0 Å². The molecule has 222 valence electrons. The predicted molar refractivity (Wildman–Crippen MR) is 154 cm³/mol. The van der Waals surface area contributed by atoms with Crippen LogP contribution in [0.3, 0.4) is 0 Å². The van der Waals surface area contributed by atoms with Crippen LogP contribution >= 0.6 is 0 Å². The molecule has 0 bridgehead atoms. The first-order chi connectivity index (χ1) is 18.5. The minimum absolute atomic E-state index is 0.0219. The molecule has 0 saturated heterocycles. The van der Waals surface area contributed by atoms with Crippen LogP contribution in [-0.2, 0) is 19.1 Å². The van der Waals surface area contributed by atoms with E-state index in [2.05, 4.69) is 59.8 Å². The number of hydrogen-bond acceptors (Lipinski definition) is 6. The molecule has 2 N–H and O–H groups in total. The Labute approximate surface area is 240 Å². The van der Waals surface area contributed by atoms with Gasteiger partial charge in [0.15, 0.2) is 6.29 Å². The van der Waals surface area contributed by atoms with Crippen LogP contribution < -0.4 is 0 Å². The van der Waals surface area contributed by atoms with Gasteiger partial charge in [0.25, 0.3) is 0 Å². The summed E-state index contributed by atoms with van der Waals surface area (Å²) in [6.07, 6.45) is 8.60. The summed E-state index contributed by atoms with van der Waals surface area (Å²) in [5, 5.41) is 21.5. The lowest BCUT2D eigenvalue weighted by atomic mass is 9.42. The number of rotatable bonds is 4. The summed E-state index contributed by atoms with van der Waals surface area (Å²) in [4.78, 5) is 26.2. The molecule has 4 aliphatic carbocycles. The SMILES string of the molecule is CC(=O)OC1CC(C(C)C2CC=C(C)C(O)O2)C2(C)C(C(C)=O)C=C3C(=CCC4C3(C)CCC(O)C4(C)C)C12C. The van der Waals surface area contributed by atoms with Gasteiger partial charge in [-0.25, -0.2) is 0 Å². The Morgan fingerprint density at radius 2 is 1.73 bits per heavy atom. The summed E-state index contributed by atoms with van der Waals surface area (Å²) >= 11 is 0. The van der Waals surface area contributed by atoms with E-state index in [9.17, 15) is 19.8 Å². The number of hydrogen-bond donors (Lipinski definition) is 2. The number of ketones is 1. The Hall–Kier alpha value is -1.76. The van der Waals surface area contributed by atoms with Crippen molar-refractivity contribution in [1.29, 1.82) is 0 Å². The van der Waals surface area contributed by atoms with Crippen molar-refractivity contribution in [1.82, 2.24) is 0 Å². The minimum Gasteiger partial charge on any atom is -0.462 e. The Morgan fingerprint density at radius 3 is 2.33 bits per heavy atom. The van der Waals surface area contributed by atoms with Crippen LogP contribution in [0.5, 0.6) is 0 Å². The molecule has 0 radical (unpaired) electrons. The van der Waals surface area contributed by atoms with Crippen LogP contribution in [0.15, 0.2) is 34.9 Å². The van der Waals surface area contributed by atoms with Gasteiger partial charge in [0, 0.05) is 18.3 Å². The molecule has 5 rings (SSSR count). The van der Waals surface area contributed by atoms with Gasteiger partial charge in [-0.3, -0.25) is 9.59 Å². The first-order valence-electron chi connectivity index (χ1n) is 15.3. The number of Topliss-reactive ketones (excluding diaryl/α,β-unsaturated/α-hetero) is 1. The number of carbonyl (C=O) groups is 2. The molecule has 2 fully saturated rings. The number of aliphatic hydroxyl groups is 2. The molecule has 0 spiro atoms. The second-order valence-electron chi connectivity index (χ2n) is 14.9. The molecule has 40 heavy (non-hydrogen) atoms. The lowest BCUT2D eigenvalue weighted by Crippen LogP contribution is -2.59. The fraction of sp³-hybridized carbons (Fsp3) is 0.765. The molecule has 0 aromatic carbocycles.